The Morgan fingerprint density at radius 2 is 1.65 bits per heavy atom. The van der Waals surface area contributed by atoms with Gasteiger partial charge >= 0.3 is 6.03 Å². The Morgan fingerprint density at radius 1 is 1.00 bits per heavy atom. The molecule has 40 heavy (non-hydrogen) atoms. The van der Waals surface area contributed by atoms with Gasteiger partial charge in [-0.15, -0.1) is 0 Å². The number of rotatable bonds is 5. The number of anilines is 3. The van der Waals surface area contributed by atoms with Crippen molar-refractivity contribution in [2.24, 2.45) is 7.05 Å². The number of likely N-dealkylation sites (N-methyl/N-ethyl adjacent to an activating group) is 2. The molecule has 1 N–H and O–H groups in total. The van der Waals surface area contributed by atoms with Crippen LogP contribution in [-0.4, -0.2) is 114 Å². The van der Waals surface area contributed by atoms with E-state index in [2.05, 4.69) is 37.1 Å². The van der Waals surface area contributed by atoms with Crippen LogP contribution in [0.3, 0.4) is 0 Å². The summed E-state index contributed by atoms with van der Waals surface area (Å²) < 4.78 is 1.70. The highest BCUT2D eigenvalue weighted by Crippen LogP contribution is 2.38. The Balaban J connectivity index is 1.45. The second kappa shape index (κ2) is 11.4. The molecule has 0 unspecified atom stereocenters. The van der Waals surface area contributed by atoms with Crippen molar-refractivity contribution < 1.29 is 14.4 Å². The molecule has 212 valence electrons. The number of carbonyl (C=O) groups excluding carboxylic acids is 3. The van der Waals surface area contributed by atoms with E-state index < -0.39 is 6.03 Å². The molecule has 0 spiro atoms. The van der Waals surface area contributed by atoms with Gasteiger partial charge in [0, 0.05) is 65.1 Å². The summed E-state index contributed by atoms with van der Waals surface area (Å²) in [4.78, 5) is 53.0. The SMILES string of the molecule is Cc1nn(C)c2ncc(N(C=O)C(=O)Nc3ccc(Cl)c(C(=O)N4CCN(C)CC4)c3)c(N3CCN(C)CC3)c12. The third-order valence-corrected chi connectivity index (χ3v) is 7.95. The van der Waals surface area contributed by atoms with Gasteiger partial charge in [-0.25, -0.2) is 14.7 Å². The molecule has 5 rings (SSSR count). The summed E-state index contributed by atoms with van der Waals surface area (Å²) >= 11 is 6.39. The molecule has 0 bridgehead atoms. The quantitative estimate of drug-likeness (QED) is 0.468. The number of urea groups is 1. The number of halogens is 1. The normalized spacial score (nSPS) is 16.8. The average molecular weight is 568 g/mol. The number of pyridine rings is 1. The van der Waals surface area contributed by atoms with E-state index in [1.807, 2.05) is 21.0 Å². The van der Waals surface area contributed by atoms with Crippen LogP contribution in [0.25, 0.3) is 11.0 Å². The number of nitrogens with zero attached hydrogens (tertiary/aromatic N) is 8. The molecular formula is C27H34ClN9O3. The van der Waals surface area contributed by atoms with Crippen molar-refractivity contribution >= 4 is 58.0 Å². The van der Waals surface area contributed by atoms with Crippen LogP contribution in [0, 0.1) is 6.92 Å². The van der Waals surface area contributed by atoms with Crippen LogP contribution in [0.15, 0.2) is 24.4 Å². The Labute approximate surface area is 238 Å². The highest BCUT2D eigenvalue weighted by molar-refractivity contribution is 6.34. The minimum Gasteiger partial charge on any atom is -0.367 e. The molecule has 0 radical (unpaired) electrons. The summed E-state index contributed by atoms with van der Waals surface area (Å²) in [7, 11) is 5.90. The second-order valence-corrected chi connectivity index (χ2v) is 10.8. The van der Waals surface area contributed by atoms with Crippen LogP contribution in [0.1, 0.15) is 16.1 Å². The first-order valence-electron chi connectivity index (χ1n) is 13.3. The summed E-state index contributed by atoms with van der Waals surface area (Å²) in [5, 5.41) is 8.41. The number of hydrogen-bond acceptors (Lipinski definition) is 8. The molecule has 2 aliphatic heterocycles. The number of fused-ring (bicyclic) bond motifs is 1. The number of benzene rings is 1. The van der Waals surface area contributed by atoms with Gasteiger partial charge in [0.1, 0.15) is 0 Å². The van der Waals surface area contributed by atoms with E-state index in [4.69, 9.17) is 11.6 Å². The standard InChI is InChI=1S/C27H34ClN9O3/c1-18-23-24(35-11-7-32(2)8-12-35)22(16-29-25(23)34(4)31-18)37(17-38)27(40)30-19-5-6-21(28)20(15-19)26(39)36-13-9-33(3)10-14-36/h5-6,15-17H,7-14H2,1-4H3,(H,30,40). The van der Waals surface area contributed by atoms with Gasteiger partial charge in [0.2, 0.25) is 6.41 Å². The zero-order valence-corrected chi connectivity index (χ0v) is 24.0. The van der Waals surface area contributed by atoms with Gasteiger partial charge in [-0.3, -0.25) is 14.3 Å². The molecule has 13 heteroatoms. The number of hydrogen-bond donors (Lipinski definition) is 1. The lowest BCUT2D eigenvalue weighted by atomic mass is 10.1. The number of nitrogens with one attached hydrogen (secondary N) is 1. The highest BCUT2D eigenvalue weighted by Gasteiger charge is 2.29. The Kier molecular flexibility index (Phi) is 7.92. The number of imide groups is 1. The minimum absolute atomic E-state index is 0.194. The Morgan fingerprint density at radius 3 is 2.30 bits per heavy atom. The van der Waals surface area contributed by atoms with Crippen LogP contribution in [0.5, 0.6) is 0 Å². The van der Waals surface area contributed by atoms with E-state index in [0.29, 0.717) is 47.1 Å². The summed E-state index contributed by atoms with van der Waals surface area (Å²) in [6.45, 7) is 7.76. The summed E-state index contributed by atoms with van der Waals surface area (Å²) in [5.41, 5.74) is 3.19. The fourth-order valence-electron chi connectivity index (χ4n) is 5.25. The fourth-order valence-corrected chi connectivity index (χ4v) is 5.45. The maximum Gasteiger partial charge on any atom is 0.333 e. The minimum atomic E-state index is -0.673. The molecule has 1 aromatic carbocycles. The molecule has 12 nitrogen and oxygen atoms in total. The van der Waals surface area contributed by atoms with E-state index in [0.717, 1.165) is 60.9 Å². The van der Waals surface area contributed by atoms with Crippen LogP contribution in [0.2, 0.25) is 5.02 Å². The number of amides is 4. The van der Waals surface area contributed by atoms with E-state index in [1.165, 1.54) is 6.20 Å². The Hall–Kier alpha value is -3.74. The smallest absolute Gasteiger partial charge is 0.333 e. The van der Waals surface area contributed by atoms with Crippen LogP contribution in [-0.2, 0) is 11.8 Å². The maximum atomic E-state index is 13.5. The lowest BCUT2D eigenvalue weighted by Gasteiger charge is -2.36. The predicted molar refractivity (Wildman–Crippen MR) is 155 cm³/mol. The maximum absolute atomic E-state index is 13.5. The molecule has 2 aliphatic rings. The highest BCUT2D eigenvalue weighted by atomic mass is 35.5. The number of aromatic nitrogens is 3. The van der Waals surface area contributed by atoms with E-state index in [-0.39, 0.29) is 5.91 Å². The first-order valence-corrected chi connectivity index (χ1v) is 13.6. The second-order valence-electron chi connectivity index (χ2n) is 10.4. The molecule has 2 fully saturated rings. The van der Waals surface area contributed by atoms with E-state index >= 15 is 0 Å². The summed E-state index contributed by atoms with van der Waals surface area (Å²) in [6.07, 6.45) is 2.02. The van der Waals surface area contributed by atoms with Crippen LogP contribution in [0.4, 0.5) is 21.9 Å². The van der Waals surface area contributed by atoms with Crippen molar-refractivity contribution in [1.82, 2.24) is 29.5 Å². The van der Waals surface area contributed by atoms with Crippen molar-refractivity contribution in [1.29, 1.82) is 0 Å². The molecule has 0 saturated carbocycles. The Bertz CT molecular complexity index is 1440. The molecule has 2 saturated heterocycles. The van der Waals surface area contributed by atoms with Gasteiger partial charge in [0.25, 0.3) is 5.91 Å². The van der Waals surface area contributed by atoms with Crippen LogP contribution < -0.4 is 15.1 Å². The molecule has 4 amide bonds. The van der Waals surface area contributed by atoms with Crippen molar-refractivity contribution in [3.63, 3.8) is 0 Å². The first kappa shape index (κ1) is 27.8. The third-order valence-electron chi connectivity index (χ3n) is 7.62. The van der Waals surface area contributed by atoms with Crippen molar-refractivity contribution in [3.05, 3.63) is 40.7 Å². The largest absolute Gasteiger partial charge is 0.367 e. The fraction of sp³-hybridized carbons (Fsp3) is 0.444. The van der Waals surface area contributed by atoms with E-state index in [9.17, 15) is 14.4 Å². The van der Waals surface area contributed by atoms with Crippen molar-refractivity contribution in [2.45, 2.75) is 6.92 Å². The van der Waals surface area contributed by atoms with Crippen LogP contribution >= 0.6 is 11.6 Å². The molecule has 0 atom stereocenters. The zero-order chi connectivity index (χ0) is 28.6. The number of carbonyl (C=O) groups is 3. The lowest BCUT2D eigenvalue weighted by Crippen LogP contribution is -2.47. The summed E-state index contributed by atoms with van der Waals surface area (Å²) in [5.74, 6) is -0.194. The predicted octanol–water partition coefficient (Wildman–Crippen LogP) is 2.26. The third kappa shape index (κ3) is 5.34. The number of aryl methyl sites for hydroxylation is 2. The van der Waals surface area contributed by atoms with Gasteiger partial charge < -0.3 is 24.9 Å². The lowest BCUT2D eigenvalue weighted by molar-refractivity contribution is -0.106. The van der Waals surface area contributed by atoms with Gasteiger partial charge in [-0.05, 0) is 39.2 Å². The molecule has 3 aromatic rings. The average Bonchev–Trinajstić information content (AvgIpc) is 3.23. The van der Waals surface area contributed by atoms with E-state index in [1.54, 1.807) is 27.8 Å². The van der Waals surface area contributed by atoms with Gasteiger partial charge in [0.15, 0.2) is 5.65 Å². The monoisotopic (exact) mass is 567 g/mol. The number of piperazine rings is 2. The topological polar surface area (TPSA) is 110 Å². The van der Waals surface area contributed by atoms with Crippen molar-refractivity contribution in [3.8, 4) is 0 Å². The molecular weight excluding hydrogens is 534 g/mol. The summed E-state index contributed by atoms with van der Waals surface area (Å²) in [6, 6.07) is 4.07. The molecule has 4 heterocycles. The van der Waals surface area contributed by atoms with Gasteiger partial charge in [-0.2, -0.15) is 5.10 Å². The molecule has 2 aromatic heterocycles. The van der Waals surface area contributed by atoms with Gasteiger partial charge in [0.05, 0.1) is 39.2 Å². The van der Waals surface area contributed by atoms with Crippen molar-refractivity contribution in [2.75, 3.05) is 81.6 Å². The first-order chi connectivity index (χ1) is 19.2. The van der Waals surface area contributed by atoms with Gasteiger partial charge in [-0.1, -0.05) is 11.6 Å². The molecule has 0 aliphatic carbocycles. The zero-order valence-electron chi connectivity index (χ0n) is 23.2.